The second kappa shape index (κ2) is 9.11. The van der Waals surface area contributed by atoms with Crippen molar-refractivity contribution in [1.82, 2.24) is 5.32 Å². The van der Waals surface area contributed by atoms with E-state index >= 15 is 0 Å². The molecule has 1 heterocycles. The molecule has 0 radical (unpaired) electrons. The average molecular weight is 434 g/mol. The van der Waals surface area contributed by atoms with Crippen molar-refractivity contribution in [2.45, 2.75) is 98.2 Å². The molecular weight excluding hydrogens is 394 g/mol. The second-order valence-corrected chi connectivity index (χ2v) is 11.4. The minimum absolute atomic E-state index is 0.0795. The summed E-state index contributed by atoms with van der Waals surface area (Å²) in [5.41, 5.74) is 1.67. The van der Waals surface area contributed by atoms with Crippen molar-refractivity contribution in [3.63, 3.8) is 0 Å². The predicted octanol–water partition coefficient (Wildman–Crippen LogP) is 5.86. The highest BCUT2D eigenvalue weighted by atomic mass is 16.7. The number of benzene rings is 1. The van der Waals surface area contributed by atoms with E-state index < -0.39 is 30.1 Å². The number of amides is 1. The lowest BCUT2D eigenvalue weighted by Crippen LogP contribution is -2.44. The Hall–Kier alpha value is -2.21. The van der Waals surface area contributed by atoms with E-state index in [9.17, 15) is 9.90 Å². The van der Waals surface area contributed by atoms with Crippen LogP contribution in [0.5, 0.6) is 0 Å². The van der Waals surface area contributed by atoms with Crippen LogP contribution in [-0.4, -0.2) is 22.8 Å². The number of aliphatic hydroxyl groups is 1. The Balaban J connectivity index is 2.42. The highest BCUT2D eigenvalue weighted by Crippen LogP contribution is 2.37. The molecule has 0 aliphatic carbocycles. The van der Waals surface area contributed by atoms with Crippen LogP contribution >= 0.6 is 0 Å². The van der Waals surface area contributed by atoms with E-state index in [0.717, 1.165) is 11.1 Å². The Morgan fingerprint density at radius 2 is 1.65 bits per heavy atom. The SMILES string of the molecule is CC(C)(C)C[C@@H](NC(=O)OC(C)(C)C)[C@@H](O)c1ccc(C(C)(C)C)cc1C1OC=CO1. The first-order valence-corrected chi connectivity index (χ1v) is 10.8. The van der Waals surface area contributed by atoms with Gasteiger partial charge in [0.05, 0.1) is 12.1 Å². The number of aliphatic hydroxyl groups excluding tert-OH is 1. The lowest BCUT2D eigenvalue weighted by atomic mass is 9.81. The smallest absolute Gasteiger partial charge is 0.407 e. The van der Waals surface area contributed by atoms with Crippen LogP contribution in [0.2, 0.25) is 0 Å². The van der Waals surface area contributed by atoms with Gasteiger partial charge in [-0.2, -0.15) is 0 Å². The molecule has 1 aliphatic heterocycles. The van der Waals surface area contributed by atoms with Crippen LogP contribution in [0.25, 0.3) is 0 Å². The zero-order chi connectivity index (χ0) is 23.6. The standard InChI is InChI=1S/C25H39NO5/c1-23(2,3)15-19(26-22(28)31-25(7,8)9)20(27)17-11-10-16(24(4,5)6)14-18(17)21-29-12-13-30-21/h10-14,19-21,27H,15H2,1-9H3,(H,26,28)/t19-,20+/m1/s1. The molecule has 0 saturated carbocycles. The Morgan fingerprint density at radius 1 is 1.06 bits per heavy atom. The fourth-order valence-corrected chi connectivity index (χ4v) is 3.48. The molecule has 0 fully saturated rings. The summed E-state index contributed by atoms with van der Waals surface area (Å²) >= 11 is 0. The van der Waals surface area contributed by atoms with E-state index in [-0.39, 0.29) is 10.8 Å². The number of alkyl carbamates (subject to hydrolysis) is 1. The number of hydrogen-bond donors (Lipinski definition) is 2. The van der Waals surface area contributed by atoms with Crippen LogP contribution in [0.1, 0.15) is 97.8 Å². The first-order valence-electron chi connectivity index (χ1n) is 10.8. The molecule has 6 heteroatoms. The van der Waals surface area contributed by atoms with Crippen LogP contribution in [0.3, 0.4) is 0 Å². The molecule has 0 saturated heterocycles. The molecule has 2 atom stereocenters. The van der Waals surface area contributed by atoms with E-state index in [1.165, 1.54) is 12.5 Å². The largest absolute Gasteiger partial charge is 0.455 e. The number of ether oxygens (including phenoxy) is 3. The van der Waals surface area contributed by atoms with Crippen molar-refractivity contribution >= 4 is 6.09 Å². The molecule has 1 aromatic rings. The van der Waals surface area contributed by atoms with Gasteiger partial charge >= 0.3 is 6.09 Å². The summed E-state index contributed by atoms with van der Waals surface area (Å²) in [6, 6.07) is 5.37. The number of hydrogen-bond acceptors (Lipinski definition) is 5. The molecule has 6 nitrogen and oxygen atoms in total. The van der Waals surface area contributed by atoms with Gasteiger partial charge in [-0.3, -0.25) is 0 Å². The maximum absolute atomic E-state index is 12.5. The Morgan fingerprint density at radius 3 is 2.13 bits per heavy atom. The van der Waals surface area contributed by atoms with Gasteiger partial charge in [0.1, 0.15) is 18.1 Å². The fraction of sp³-hybridized carbons (Fsp3) is 0.640. The lowest BCUT2D eigenvalue weighted by Gasteiger charge is -2.33. The Labute approximate surface area is 187 Å². The summed E-state index contributed by atoms with van der Waals surface area (Å²) in [5, 5.41) is 14.3. The summed E-state index contributed by atoms with van der Waals surface area (Å²) in [5.74, 6) is 0. The van der Waals surface area contributed by atoms with Gasteiger partial charge < -0.3 is 24.6 Å². The van der Waals surface area contributed by atoms with Gasteiger partial charge in [0.25, 0.3) is 6.29 Å². The normalized spacial score (nSPS) is 17.0. The van der Waals surface area contributed by atoms with Crippen LogP contribution in [-0.2, 0) is 19.6 Å². The van der Waals surface area contributed by atoms with E-state index in [1.807, 2.05) is 39.0 Å². The van der Waals surface area contributed by atoms with Crippen molar-refractivity contribution in [3.8, 4) is 0 Å². The minimum Gasteiger partial charge on any atom is -0.455 e. The van der Waals surface area contributed by atoms with Gasteiger partial charge in [0.2, 0.25) is 0 Å². The van der Waals surface area contributed by atoms with E-state index in [4.69, 9.17) is 14.2 Å². The average Bonchev–Trinajstić information content (AvgIpc) is 3.10. The maximum Gasteiger partial charge on any atom is 0.407 e. The molecule has 1 aliphatic rings. The number of carbonyl (C=O) groups is 1. The highest BCUT2D eigenvalue weighted by molar-refractivity contribution is 5.68. The Kier molecular flexibility index (Phi) is 7.36. The van der Waals surface area contributed by atoms with Crippen LogP contribution < -0.4 is 5.32 Å². The van der Waals surface area contributed by atoms with Gasteiger partial charge in [-0.15, -0.1) is 0 Å². The molecule has 31 heavy (non-hydrogen) atoms. The third-order valence-electron chi connectivity index (χ3n) is 4.90. The molecule has 2 N–H and O–H groups in total. The number of carbonyl (C=O) groups excluding carboxylic acids is 1. The first kappa shape index (κ1) is 25.1. The van der Waals surface area contributed by atoms with Crippen LogP contribution in [0.15, 0.2) is 30.7 Å². The van der Waals surface area contributed by atoms with Gasteiger partial charge in [-0.1, -0.05) is 53.7 Å². The minimum atomic E-state index is -0.969. The summed E-state index contributed by atoms with van der Waals surface area (Å²) < 4.78 is 16.6. The third-order valence-corrected chi connectivity index (χ3v) is 4.90. The van der Waals surface area contributed by atoms with E-state index in [2.05, 4.69) is 46.9 Å². The van der Waals surface area contributed by atoms with Gasteiger partial charge in [-0.25, -0.2) is 4.79 Å². The van der Waals surface area contributed by atoms with Gasteiger partial charge in [0.15, 0.2) is 0 Å². The topological polar surface area (TPSA) is 77.0 Å². The predicted molar refractivity (Wildman–Crippen MR) is 121 cm³/mol. The molecular formula is C25H39NO5. The van der Waals surface area contributed by atoms with Gasteiger partial charge in [0, 0.05) is 5.56 Å². The van der Waals surface area contributed by atoms with Crippen molar-refractivity contribution in [1.29, 1.82) is 0 Å². The Bertz CT molecular complexity index is 788. The number of rotatable bonds is 5. The second-order valence-electron chi connectivity index (χ2n) is 11.4. The molecule has 174 valence electrons. The molecule has 0 aromatic heterocycles. The lowest BCUT2D eigenvalue weighted by molar-refractivity contribution is -0.0277. The highest BCUT2D eigenvalue weighted by Gasteiger charge is 2.33. The molecule has 1 amide bonds. The summed E-state index contributed by atoms with van der Waals surface area (Å²) in [4.78, 5) is 12.5. The van der Waals surface area contributed by atoms with Crippen molar-refractivity contribution in [3.05, 3.63) is 47.4 Å². The van der Waals surface area contributed by atoms with E-state index in [0.29, 0.717) is 12.0 Å². The van der Waals surface area contributed by atoms with Crippen molar-refractivity contribution in [2.75, 3.05) is 0 Å². The third kappa shape index (κ3) is 7.46. The molecule has 0 unspecified atom stereocenters. The zero-order valence-electron chi connectivity index (χ0n) is 20.4. The monoisotopic (exact) mass is 433 g/mol. The quantitative estimate of drug-likeness (QED) is 0.608. The summed E-state index contributed by atoms with van der Waals surface area (Å²) in [7, 11) is 0. The first-order chi connectivity index (χ1) is 14.1. The van der Waals surface area contributed by atoms with Gasteiger partial charge in [-0.05, 0) is 55.2 Å². The van der Waals surface area contributed by atoms with E-state index in [1.54, 1.807) is 0 Å². The van der Waals surface area contributed by atoms with Crippen molar-refractivity contribution in [2.24, 2.45) is 5.41 Å². The zero-order valence-corrected chi connectivity index (χ0v) is 20.4. The van der Waals surface area contributed by atoms with Crippen LogP contribution in [0.4, 0.5) is 4.79 Å². The molecule has 0 bridgehead atoms. The molecule has 2 rings (SSSR count). The summed E-state index contributed by atoms with van der Waals surface area (Å²) in [6.07, 6.45) is 1.39. The molecule has 1 aromatic carbocycles. The van der Waals surface area contributed by atoms with Crippen molar-refractivity contribution < 1.29 is 24.1 Å². The van der Waals surface area contributed by atoms with Crippen LogP contribution in [0, 0.1) is 5.41 Å². The summed E-state index contributed by atoms with van der Waals surface area (Å²) in [6.45, 7) is 18.0. The maximum atomic E-state index is 12.5. The molecule has 0 spiro atoms. The number of nitrogens with one attached hydrogen (secondary N) is 1. The fourth-order valence-electron chi connectivity index (χ4n) is 3.48.